The summed E-state index contributed by atoms with van der Waals surface area (Å²) < 4.78 is 2.83. The zero-order valence-electron chi connectivity index (χ0n) is 16.3. The van der Waals surface area contributed by atoms with Crippen LogP contribution >= 0.6 is 33.9 Å². The number of oxime groups is 1. The first kappa shape index (κ1) is 19.9. The number of aromatic nitrogens is 2. The Morgan fingerprint density at radius 2 is 2.07 bits per heavy atom. The Morgan fingerprint density at radius 1 is 1.17 bits per heavy atom. The molecule has 0 unspecified atom stereocenters. The summed E-state index contributed by atoms with van der Waals surface area (Å²) in [5.41, 5.74) is 2.30. The summed E-state index contributed by atoms with van der Waals surface area (Å²) in [6.45, 7) is 0.746. The van der Waals surface area contributed by atoms with Gasteiger partial charge in [0.05, 0.1) is 21.5 Å². The zero-order valence-corrected chi connectivity index (χ0v) is 19.3. The van der Waals surface area contributed by atoms with Gasteiger partial charge in [-0.3, -0.25) is 9.36 Å². The number of rotatable bonds is 2. The lowest BCUT2D eigenvalue weighted by Gasteiger charge is -2.13. The van der Waals surface area contributed by atoms with E-state index >= 15 is 0 Å². The molecule has 0 fully saturated rings. The Labute approximate surface area is 191 Å². The Balaban J connectivity index is 1.52. The third kappa shape index (κ3) is 3.60. The first-order chi connectivity index (χ1) is 14.6. The van der Waals surface area contributed by atoms with Crippen molar-refractivity contribution in [3.8, 4) is 0 Å². The maximum Gasteiger partial charge on any atom is 0.365 e. The number of nitrogens with zero attached hydrogens (tertiary/aromatic N) is 3. The quantitative estimate of drug-likeness (QED) is 0.272. The summed E-state index contributed by atoms with van der Waals surface area (Å²) in [6, 6.07) is 7.22. The number of aryl methyl sites for hydroxylation is 2. The van der Waals surface area contributed by atoms with E-state index in [9.17, 15) is 9.59 Å². The Bertz CT molecular complexity index is 1240. The number of hydrogen-bond acceptors (Lipinski definition) is 6. The highest BCUT2D eigenvalue weighted by atomic mass is 127. The van der Waals surface area contributed by atoms with Crippen LogP contribution in [0.15, 0.2) is 34.2 Å². The number of benzene rings is 1. The third-order valence-corrected chi connectivity index (χ3v) is 7.52. The van der Waals surface area contributed by atoms with Crippen molar-refractivity contribution in [2.75, 3.05) is 0 Å². The molecule has 0 amide bonds. The van der Waals surface area contributed by atoms with Gasteiger partial charge in [-0.2, -0.15) is 0 Å². The van der Waals surface area contributed by atoms with Gasteiger partial charge >= 0.3 is 5.97 Å². The predicted molar refractivity (Wildman–Crippen MR) is 125 cm³/mol. The second kappa shape index (κ2) is 8.22. The molecule has 1 aromatic carbocycles. The normalized spacial score (nSPS) is 17.4. The molecule has 2 aliphatic rings. The second-order valence-corrected chi connectivity index (χ2v) is 9.91. The van der Waals surface area contributed by atoms with Gasteiger partial charge in [-0.15, -0.1) is 11.3 Å². The third-order valence-electron chi connectivity index (χ3n) is 5.67. The van der Waals surface area contributed by atoms with Crippen LogP contribution in [0, 0.1) is 3.57 Å². The van der Waals surface area contributed by atoms with Gasteiger partial charge in [0.1, 0.15) is 10.7 Å². The Hall–Kier alpha value is -2.07. The fourth-order valence-corrected chi connectivity index (χ4v) is 5.99. The summed E-state index contributed by atoms with van der Waals surface area (Å²) in [4.78, 5) is 37.5. The molecule has 0 N–H and O–H groups in total. The van der Waals surface area contributed by atoms with Crippen LogP contribution in [0.3, 0.4) is 0 Å². The summed E-state index contributed by atoms with van der Waals surface area (Å²) >= 11 is 3.66. The van der Waals surface area contributed by atoms with Gasteiger partial charge in [0.2, 0.25) is 0 Å². The molecule has 0 radical (unpaired) electrons. The fourth-order valence-electron chi connectivity index (χ4n) is 4.20. The topological polar surface area (TPSA) is 73.5 Å². The first-order valence-electron chi connectivity index (χ1n) is 10.2. The first-order valence-corrected chi connectivity index (χ1v) is 12.1. The highest BCUT2D eigenvalue weighted by molar-refractivity contribution is 14.1. The van der Waals surface area contributed by atoms with Crippen molar-refractivity contribution >= 4 is 55.8 Å². The van der Waals surface area contributed by atoms with E-state index in [0.29, 0.717) is 5.56 Å². The van der Waals surface area contributed by atoms with E-state index in [2.05, 4.69) is 27.7 Å². The van der Waals surface area contributed by atoms with Crippen molar-refractivity contribution in [1.82, 2.24) is 9.55 Å². The number of halogens is 1. The summed E-state index contributed by atoms with van der Waals surface area (Å²) in [5, 5.41) is 4.94. The molecule has 0 saturated heterocycles. The van der Waals surface area contributed by atoms with Crippen LogP contribution in [0.1, 0.15) is 58.7 Å². The molecule has 3 aromatic rings. The van der Waals surface area contributed by atoms with Crippen LogP contribution in [0.25, 0.3) is 10.2 Å². The summed E-state index contributed by atoms with van der Waals surface area (Å²) in [6.07, 6.45) is 6.51. The Morgan fingerprint density at radius 3 is 2.93 bits per heavy atom. The van der Waals surface area contributed by atoms with Crippen molar-refractivity contribution in [3.05, 3.63) is 60.0 Å². The van der Waals surface area contributed by atoms with Crippen molar-refractivity contribution in [1.29, 1.82) is 0 Å². The van der Waals surface area contributed by atoms with E-state index < -0.39 is 5.97 Å². The molecule has 0 atom stereocenters. The average molecular weight is 533 g/mol. The van der Waals surface area contributed by atoms with E-state index in [0.717, 1.165) is 87.3 Å². The zero-order chi connectivity index (χ0) is 20.7. The molecule has 6 nitrogen and oxygen atoms in total. The molecule has 1 aliphatic carbocycles. The largest absolute Gasteiger partial charge is 0.365 e. The highest BCUT2D eigenvalue weighted by Gasteiger charge is 2.26. The maximum absolute atomic E-state index is 13.3. The van der Waals surface area contributed by atoms with Crippen molar-refractivity contribution in [3.63, 3.8) is 0 Å². The lowest BCUT2D eigenvalue weighted by atomic mass is 9.95. The summed E-state index contributed by atoms with van der Waals surface area (Å²) in [7, 11) is 0. The van der Waals surface area contributed by atoms with E-state index in [1.54, 1.807) is 12.1 Å². The van der Waals surface area contributed by atoms with Crippen LogP contribution in [-0.2, 0) is 24.2 Å². The minimum absolute atomic E-state index is 0.0755. The molecular weight excluding hydrogens is 513 g/mol. The van der Waals surface area contributed by atoms with E-state index in [1.165, 1.54) is 11.3 Å². The minimum atomic E-state index is -0.473. The summed E-state index contributed by atoms with van der Waals surface area (Å²) in [5.74, 6) is 0.423. The SMILES string of the molecule is O=C(O/N=C1/CCCc2c1sc1nc3n(c(=O)c21)CCCCC3)c1cccc(I)c1. The van der Waals surface area contributed by atoms with Crippen LogP contribution in [0.4, 0.5) is 0 Å². The fraction of sp³-hybridized carbons (Fsp3) is 0.364. The number of carbonyl (C=O) groups excluding carboxylic acids is 1. The van der Waals surface area contributed by atoms with Crippen molar-refractivity contribution in [2.24, 2.45) is 5.16 Å². The molecule has 1 aliphatic heterocycles. The lowest BCUT2D eigenvalue weighted by molar-refractivity contribution is 0.0515. The minimum Gasteiger partial charge on any atom is -0.312 e. The van der Waals surface area contributed by atoms with Gasteiger partial charge in [0.15, 0.2) is 0 Å². The molecule has 30 heavy (non-hydrogen) atoms. The lowest BCUT2D eigenvalue weighted by Crippen LogP contribution is -2.25. The van der Waals surface area contributed by atoms with Gasteiger partial charge in [0, 0.05) is 16.5 Å². The van der Waals surface area contributed by atoms with E-state index in [1.807, 2.05) is 16.7 Å². The molecule has 2 aromatic heterocycles. The average Bonchev–Trinajstić information content (AvgIpc) is 2.95. The van der Waals surface area contributed by atoms with Crippen molar-refractivity contribution < 1.29 is 9.63 Å². The van der Waals surface area contributed by atoms with Crippen LogP contribution in [-0.4, -0.2) is 21.2 Å². The standard InChI is InChI=1S/C22H20IN3O3S/c23-14-7-4-6-13(12-14)22(28)29-25-16-9-5-8-15-18-20(30-19(15)16)24-17-10-2-1-3-11-26(17)21(18)27/h4,6-7,12H,1-3,5,8-11H2/b25-16-. The highest BCUT2D eigenvalue weighted by Crippen LogP contribution is 2.34. The van der Waals surface area contributed by atoms with E-state index in [4.69, 9.17) is 9.82 Å². The monoisotopic (exact) mass is 533 g/mol. The van der Waals surface area contributed by atoms with Crippen molar-refractivity contribution in [2.45, 2.75) is 51.5 Å². The molecule has 3 heterocycles. The van der Waals surface area contributed by atoms with Gasteiger partial charge in [-0.25, -0.2) is 9.78 Å². The number of thiophene rings is 1. The van der Waals surface area contributed by atoms with Gasteiger partial charge < -0.3 is 4.84 Å². The smallest absolute Gasteiger partial charge is 0.312 e. The molecule has 154 valence electrons. The molecular formula is C22H20IN3O3S. The molecule has 8 heteroatoms. The van der Waals surface area contributed by atoms with Crippen LogP contribution < -0.4 is 5.56 Å². The molecule has 0 spiro atoms. The predicted octanol–water partition coefficient (Wildman–Crippen LogP) is 4.69. The van der Waals surface area contributed by atoms with Crippen LogP contribution in [0.5, 0.6) is 0 Å². The molecule has 0 bridgehead atoms. The number of carbonyl (C=O) groups is 1. The number of hydrogen-bond donors (Lipinski definition) is 0. The van der Waals surface area contributed by atoms with E-state index in [-0.39, 0.29) is 5.56 Å². The van der Waals surface area contributed by atoms with Gasteiger partial charge in [-0.1, -0.05) is 17.6 Å². The van der Waals surface area contributed by atoms with Gasteiger partial charge in [-0.05, 0) is 78.5 Å². The second-order valence-electron chi connectivity index (χ2n) is 7.67. The maximum atomic E-state index is 13.3. The molecule has 0 saturated carbocycles. The Kier molecular flexibility index (Phi) is 5.44. The van der Waals surface area contributed by atoms with Gasteiger partial charge in [0.25, 0.3) is 5.56 Å². The van der Waals surface area contributed by atoms with Crippen LogP contribution in [0.2, 0.25) is 0 Å². The molecule has 5 rings (SSSR count). The number of fused-ring (bicyclic) bond motifs is 4.